The molecule has 0 aliphatic carbocycles. The van der Waals surface area contributed by atoms with Gasteiger partial charge in [0.2, 0.25) is 0 Å². The highest BCUT2D eigenvalue weighted by molar-refractivity contribution is 6.44. The molecule has 0 aromatic rings. The zero-order valence-electron chi connectivity index (χ0n) is 7.60. The van der Waals surface area contributed by atoms with Crippen LogP contribution in [0.3, 0.4) is 0 Å². The van der Waals surface area contributed by atoms with Crippen molar-refractivity contribution < 1.29 is 9.22 Å². The summed E-state index contributed by atoms with van der Waals surface area (Å²) in [6, 6.07) is 0. The van der Waals surface area contributed by atoms with Gasteiger partial charge in [-0.15, -0.1) is 34.8 Å². The second-order valence-corrected chi connectivity index (χ2v) is 4.93. The molecule has 0 aromatic heterocycles. The van der Waals surface area contributed by atoms with Crippen LogP contribution < -0.4 is 0 Å². The third-order valence-electron chi connectivity index (χ3n) is 1.73. The third kappa shape index (κ3) is 5.91. The van der Waals surface area contributed by atoms with Crippen LogP contribution in [0.5, 0.6) is 0 Å². The first kappa shape index (κ1) is 13.7. The zero-order chi connectivity index (χ0) is 10.4. The fourth-order valence-corrected chi connectivity index (χ4v) is 2.30. The van der Waals surface area contributed by atoms with Crippen molar-refractivity contribution in [2.75, 3.05) is 0 Å². The number of ketones is 1. The van der Waals surface area contributed by atoms with E-state index in [0.29, 0.717) is 23.3 Å². The van der Waals surface area contributed by atoms with Crippen molar-refractivity contribution in [2.45, 2.75) is 36.1 Å². The lowest BCUT2D eigenvalue weighted by molar-refractivity contribution is -0.116. The quantitative estimate of drug-likeness (QED) is 0.535. The molecule has 0 bridgehead atoms. The second kappa shape index (κ2) is 7.07. The Morgan fingerprint density at radius 3 is 2.23 bits per heavy atom. The van der Waals surface area contributed by atoms with E-state index in [0.717, 1.165) is 0 Å². The molecule has 13 heavy (non-hydrogen) atoms. The second-order valence-electron chi connectivity index (χ2n) is 2.76. The third-order valence-corrected chi connectivity index (χ3v) is 3.42. The van der Waals surface area contributed by atoms with Gasteiger partial charge in [-0.05, 0) is 19.8 Å². The fourth-order valence-electron chi connectivity index (χ4n) is 0.861. The molecule has 0 N–H and O–H groups in total. The molecule has 78 valence electrons. The van der Waals surface area contributed by atoms with Crippen LogP contribution in [0.4, 0.5) is 0 Å². The monoisotopic (exact) mass is 262 g/mol. The van der Waals surface area contributed by atoms with E-state index in [1.54, 1.807) is 0 Å². The van der Waals surface area contributed by atoms with E-state index in [9.17, 15) is 4.79 Å². The molecule has 0 fully saturated rings. The molecule has 2 nitrogen and oxygen atoms in total. The highest BCUT2D eigenvalue weighted by Gasteiger charge is 2.18. The number of Topliss-reactive ketones (excluding diaryl/α,β-unsaturated/α-hetero) is 1. The van der Waals surface area contributed by atoms with E-state index >= 15 is 0 Å². The maximum Gasteiger partial charge on any atom is 0.147 e. The molecule has 0 radical (unpaired) electrons. The average molecular weight is 264 g/mol. The Bertz CT molecular complexity index is 166. The largest absolute Gasteiger partial charge is 0.422 e. The Hall–Kier alpha value is 0.717. The van der Waals surface area contributed by atoms with E-state index < -0.39 is 10.2 Å². The first-order valence-corrected chi connectivity index (χ1v) is 6.07. The number of rotatable bonds is 6. The summed E-state index contributed by atoms with van der Waals surface area (Å²) in [5.41, 5.74) is 0. The summed E-state index contributed by atoms with van der Waals surface area (Å²) < 4.78 is 5.15. The van der Waals surface area contributed by atoms with Crippen molar-refractivity contribution in [3.05, 3.63) is 0 Å². The summed E-state index contributed by atoms with van der Waals surface area (Å²) in [7, 11) is 0.579. The van der Waals surface area contributed by atoms with Gasteiger partial charge in [0, 0.05) is 0 Å². The number of carbonyl (C=O) groups excluding carboxylic acids is 1. The number of hydrogen-bond donors (Lipinski definition) is 0. The average Bonchev–Trinajstić information content (AvgIpc) is 2.04. The molecule has 0 saturated carbocycles. The minimum Gasteiger partial charge on any atom is -0.422 e. The topological polar surface area (TPSA) is 26.3 Å². The molecule has 0 rings (SSSR count). The summed E-state index contributed by atoms with van der Waals surface area (Å²) in [6.07, 6.45) is 0.977. The Kier molecular flexibility index (Phi) is 7.46. The van der Waals surface area contributed by atoms with Crippen LogP contribution in [0, 0.1) is 0 Å². The fraction of sp³-hybridized carbons (Fsp3) is 0.857. The van der Waals surface area contributed by atoms with E-state index in [-0.39, 0.29) is 11.9 Å². The lowest BCUT2D eigenvalue weighted by Crippen LogP contribution is -2.22. The standard InChI is InChI=1S/C7H13Cl3O2Si/c1-4(11)5(8)2-3-6(12-13)7(9)10/h5-7H,2-3H2,1,13H3. The maximum atomic E-state index is 10.8. The Labute approximate surface area is 96.4 Å². The van der Waals surface area contributed by atoms with Crippen LogP contribution in [0.1, 0.15) is 19.8 Å². The van der Waals surface area contributed by atoms with Crippen LogP contribution >= 0.6 is 34.8 Å². The van der Waals surface area contributed by atoms with Gasteiger partial charge in [0.05, 0.1) is 11.5 Å². The SMILES string of the molecule is CC(=O)C(Cl)CCC(O[SiH3])C(Cl)Cl. The van der Waals surface area contributed by atoms with Crippen molar-refractivity contribution in [3.8, 4) is 0 Å². The Morgan fingerprint density at radius 2 is 1.92 bits per heavy atom. The van der Waals surface area contributed by atoms with Gasteiger partial charge < -0.3 is 4.43 Å². The number of carbonyl (C=O) groups is 1. The summed E-state index contributed by atoms with van der Waals surface area (Å²) in [5.74, 6) is -0.0329. The summed E-state index contributed by atoms with van der Waals surface area (Å²) in [4.78, 5) is 10.2. The molecule has 0 saturated heterocycles. The summed E-state index contributed by atoms with van der Waals surface area (Å²) in [6.45, 7) is 1.47. The van der Waals surface area contributed by atoms with Gasteiger partial charge in [-0.2, -0.15) is 0 Å². The van der Waals surface area contributed by atoms with Crippen LogP contribution in [-0.2, 0) is 9.22 Å². The van der Waals surface area contributed by atoms with E-state index in [1.165, 1.54) is 6.92 Å². The van der Waals surface area contributed by atoms with Crippen molar-refractivity contribution in [1.82, 2.24) is 0 Å². The molecular formula is C7H13Cl3O2Si. The molecule has 2 atom stereocenters. The van der Waals surface area contributed by atoms with Crippen LogP contribution in [-0.4, -0.2) is 32.6 Å². The molecule has 0 spiro atoms. The minimum absolute atomic E-state index is 0.0329. The number of hydrogen-bond acceptors (Lipinski definition) is 2. The lowest BCUT2D eigenvalue weighted by atomic mass is 10.1. The van der Waals surface area contributed by atoms with Gasteiger partial charge >= 0.3 is 0 Å². The minimum atomic E-state index is -0.548. The van der Waals surface area contributed by atoms with Crippen LogP contribution in [0.2, 0.25) is 0 Å². The Morgan fingerprint density at radius 1 is 1.38 bits per heavy atom. The van der Waals surface area contributed by atoms with E-state index in [4.69, 9.17) is 39.2 Å². The van der Waals surface area contributed by atoms with Gasteiger partial charge in [0.1, 0.15) is 21.1 Å². The molecule has 0 aliphatic heterocycles. The van der Waals surface area contributed by atoms with Crippen molar-refractivity contribution >= 4 is 51.1 Å². The lowest BCUT2D eigenvalue weighted by Gasteiger charge is -2.17. The van der Waals surface area contributed by atoms with Gasteiger partial charge in [0.15, 0.2) is 0 Å². The van der Waals surface area contributed by atoms with Crippen molar-refractivity contribution in [1.29, 1.82) is 0 Å². The smallest absolute Gasteiger partial charge is 0.147 e. The zero-order valence-corrected chi connectivity index (χ0v) is 11.9. The molecular weight excluding hydrogens is 251 g/mol. The van der Waals surface area contributed by atoms with Crippen molar-refractivity contribution in [3.63, 3.8) is 0 Å². The first-order chi connectivity index (χ1) is 5.99. The molecule has 0 amide bonds. The van der Waals surface area contributed by atoms with Gasteiger partial charge in [-0.1, -0.05) is 0 Å². The van der Waals surface area contributed by atoms with Crippen LogP contribution in [0.15, 0.2) is 0 Å². The van der Waals surface area contributed by atoms with Gasteiger partial charge in [-0.25, -0.2) is 0 Å². The van der Waals surface area contributed by atoms with E-state index in [1.807, 2.05) is 0 Å². The molecule has 0 heterocycles. The van der Waals surface area contributed by atoms with Crippen LogP contribution in [0.25, 0.3) is 0 Å². The molecule has 0 aromatic carbocycles. The van der Waals surface area contributed by atoms with Gasteiger partial charge in [-0.3, -0.25) is 4.79 Å². The molecule has 2 unspecified atom stereocenters. The summed E-state index contributed by atoms with van der Waals surface area (Å²) in [5, 5.41) is -0.452. The highest BCUT2D eigenvalue weighted by atomic mass is 35.5. The molecule has 6 heteroatoms. The highest BCUT2D eigenvalue weighted by Crippen LogP contribution is 2.18. The maximum absolute atomic E-state index is 10.8. The predicted molar refractivity (Wildman–Crippen MR) is 59.9 cm³/mol. The first-order valence-electron chi connectivity index (χ1n) is 3.94. The normalized spacial score (nSPS) is 16.1. The van der Waals surface area contributed by atoms with E-state index in [2.05, 4.69) is 0 Å². The number of alkyl halides is 3. The summed E-state index contributed by atoms with van der Waals surface area (Å²) >= 11 is 17.0. The van der Waals surface area contributed by atoms with Crippen molar-refractivity contribution in [2.24, 2.45) is 0 Å². The number of halogens is 3. The van der Waals surface area contributed by atoms with Gasteiger partial charge in [0.25, 0.3) is 0 Å². The molecule has 0 aliphatic rings. The Balaban J connectivity index is 3.78. The predicted octanol–water partition coefficient (Wildman–Crippen LogP) is 1.43.